The van der Waals surface area contributed by atoms with Gasteiger partial charge in [-0.1, -0.05) is 84.4 Å². The van der Waals surface area contributed by atoms with Crippen molar-refractivity contribution in [1.29, 1.82) is 0 Å². The average molecular weight is 439 g/mol. The number of carbonyl (C=O) groups is 1. The first-order valence-electron chi connectivity index (χ1n) is 11.2. The predicted molar refractivity (Wildman–Crippen MR) is 122 cm³/mol. The molecule has 0 radical (unpaired) electrons. The summed E-state index contributed by atoms with van der Waals surface area (Å²) in [7, 11) is 0. The van der Waals surface area contributed by atoms with E-state index in [0.29, 0.717) is 0 Å². The van der Waals surface area contributed by atoms with Gasteiger partial charge >= 0.3 is 5.97 Å². The molecule has 0 unspecified atom stereocenters. The van der Waals surface area contributed by atoms with E-state index in [-0.39, 0.29) is 11.3 Å². The van der Waals surface area contributed by atoms with Crippen molar-refractivity contribution in [3.8, 4) is 5.75 Å². The van der Waals surface area contributed by atoms with E-state index in [1.165, 1.54) is 51.2 Å². The second-order valence-electron chi connectivity index (χ2n) is 7.13. The molecule has 3 rings (SSSR count). The number of hydrogen-bond donors (Lipinski definition) is 0. The Bertz CT molecular complexity index is 780. The van der Waals surface area contributed by atoms with Crippen molar-refractivity contribution in [3.05, 3.63) is 64.5 Å². The largest absolute Gasteiger partial charge is 0.423 e. The minimum absolute atomic E-state index is 0.167. The van der Waals surface area contributed by atoms with Crippen LogP contribution in [-0.2, 0) is 0 Å². The molecule has 1 fully saturated rings. The van der Waals surface area contributed by atoms with E-state index in [2.05, 4.69) is 6.92 Å². The van der Waals surface area contributed by atoms with Crippen LogP contribution in [0.1, 0.15) is 88.2 Å². The van der Waals surface area contributed by atoms with Crippen LogP contribution in [0, 0.1) is 37.2 Å². The number of halogens is 3. The number of carbonyl (C=O) groups excluding carboxylic acids is 1. The number of rotatable bonds is 2. The normalized spacial score (nSPS) is 12.8. The summed E-state index contributed by atoms with van der Waals surface area (Å²) in [5.41, 5.74) is 0.154. The third-order valence-electron chi connectivity index (χ3n) is 4.67. The van der Waals surface area contributed by atoms with Crippen LogP contribution < -0.4 is 4.74 Å². The van der Waals surface area contributed by atoms with Crippen LogP contribution in [0.5, 0.6) is 5.75 Å². The first-order chi connectivity index (χ1) is 14.8. The first-order valence-corrected chi connectivity index (χ1v) is 11.2. The molecule has 0 aromatic heterocycles. The van der Waals surface area contributed by atoms with E-state index in [0.717, 1.165) is 17.5 Å². The van der Waals surface area contributed by atoms with Gasteiger partial charge in [0.05, 0.1) is 5.56 Å². The highest BCUT2D eigenvalue weighted by Crippen LogP contribution is 2.22. The van der Waals surface area contributed by atoms with Gasteiger partial charge in [-0.15, -0.1) is 0 Å². The smallest absolute Gasteiger partial charge is 0.346 e. The van der Waals surface area contributed by atoms with E-state index in [9.17, 15) is 18.0 Å². The molecular formula is C26H37F3O2. The van der Waals surface area contributed by atoms with Gasteiger partial charge in [-0.2, -0.15) is 0 Å². The van der Waals surface area contributed by atoms with Crippen molar-refractivity contribution < 1.29 is 22.7 Å². The molecular weight excluding hydrogens is 401 g/mol. The lowest BCUT2D eigenvalue weighted by Gasteiger charge is -2.15. The molecule has 0 aliphatic heterocycles. The Morgan fingerprint density at radius 2 is 1.35 bits per heavy atom. The number of hydrogen-bond acceptors (Lipinski definition) is 2. The monoisotopic (exact) mass is 438 g/mol. The SMILES string of the molecule is CC.CC.CC1CCCCC1.Cc1ccc(OC(=O)c2cc(C)c(F)c(F)c2F)cc1. The fourth-order valence-corrected chi connectivity index (χ4v) is 2.95. The Hall–Kier alpha value is -2.30. The fourth-order valence-electron chi connectivity index (χ4n) is 2.95. The van der Waals surface area contributed by atoms with Crippen LogP contribution in [0.15, 0.2) is 30.3 Å². The van der Waals surface area contributed by atoms with Crippen LogP contribution in [0.2, 0.25) is 0 Å². The van der Waals surface area contributed by atoms with Crippen molar-refractivity contribution in [3.63, 3.8) is 0 Å². The Morgan fingerprint density at radius 3 is 1.81 bits per heavy atom. The Labute approximate surface area is 185 Å². The highest BCUT2D eigenvalue weighted by molar-refractivity contribution is 5.91. The van der Waals surface area contributed by atoms with E-state index in [4.69, 9.17) is 4.74 Å². The summed E-state index contributed by atoms with van der Waals surface area (Å²) >= 11 is 0. The molecule has 0 atom stereocenters. The quantitative estimate of drug-likeness (QED) is 0.267. The zero-order valence-electron chi connectivity index (χ0n) is 20.0. The first kappa shape index (κ1) is 28.7. The molecule has 1 saturated carbocycles. The molecule has 0 N–H and O–H groups in total. The van der Waals surface area contributed by atoms with Gasteiger partial charge in [0, 0.05) is 0 Å². The summed E-state index contributed by atoms with van der Waals surface area (Å²) < 4.78 is 44.8. The third kappa shape index (κ3) is 9.58. The molecule has 5 heteroatoms. The second kappa shape index (κ2) is 15.5. The van der Waals surface area contributed by atoms with E-state index >= 15 is 0 Å². The molecule has 0 bridgehead atoms. The lowest BCUT2D eigenvalue weighted by molar-refractivity contribution is 0.0728. The summed E-state index contributed by atoms with van der Waals surface area (Å²) in [6, 6.07) is 7.38. The number of ether oxygens (including phenoxy) is 1. The van der Waals surface area contributed by atoms with Crippen LogP contribution in [0.3, 0.4) is 0 Å². The maximum atomic E-state index is 13.5. The van der Waals surface area contributed by atoms with Gasteiger partial charge in [0.15, 0.2) is 17.5 Å². The van der Waals surface area contributed by atoms with Gasteiger partial charge in [-0.25, -0.2) is 18.0 Å². The summed E-state index contributed by atoms with van der Waals surface area (Å²) in [4.78, 5) is 11.8. The minimum Gasteiger partial charge on any atom is -0.423 e. The van der Waals surface area contributed by atoms with Crippen LogP contribution in [0.4, 0.5) is 13.2 Å². The molecule has 174 valence electrons. The van der Waals surface area contributed by atoms with Crippen LogP contribution >= 0.6 is 0 Å². The molecule has 0 saturated heterocycles. The topological polar surface area (TPSA) is 26.3 Å². The van der Waals surface area contributed by atoms with Crippen molar-refractivity contribution in [2.45, 2.75) is 80.6 Å². The van der Waals surface area contributed by atoms with Gasteiger partial charge in [0.25, 0.3) is 0 Å². The summed E-state index contributed by atoms with van der Waals surface area (Å²) in [5, 5.41) is 0. The number of esters is 1. The molecule has 1 aliphatic carbocycles. The zero-order chi connectivity index (χ0) is 24.0. The highest BCUT2D eigenvalue weighted by atomic mass is 19.2. The Balaban J connectivity index is 0.000000681. The Kier molecular flexibility index (Phi) is 14.3. The van der Waals surface area contributed by atoms with Crippen LogP contribution in [0.25, 0.3) is 0 Å². The van der Waals surface area contributed by atoms with Gasteiger partial charge in [-0.05, 0) is 43.5 Å². The van der Waals surface area contributed by atoms with E-state index in [1.807, 2.05) is 34.6 Å². The molecule has 0 heterocycles. The van der Waals surface area contributed by atoms with Gasteiger partial charge in [0.2, 0.25) is 0 Å². The third-order valence-corrected chi connectivity index (χ3v) is 4.67. The molecule has 2 aromatic rings. The average Bonchev–Trinajstić information content (AvgIpc) is 2.80. The van der Waals surface area contributed by atoms with E-state index < -0.39 is 29.0 Å². The van der Waals surface area contributed by atoms with Crippen molar-refractivity contribution in [2.75, 3.05) is 0 Å². The van der Waals surface area contributed by atoms with Crippen molar-refractivity contribution in [2.24, 2.45) is 5.92 Å². The maximum Gasteiger partial charge on any atom is 0.346 e. The molecule has 0 spiro atoms. The van der Waals surface area contributed by atoms with Crippen molar-refractivity contribution >= 4 is 5.97 Å². The molecule has 31 heavy (non-hydrogen) atoms. The summed E-state index contributed by atoms with van der Waals surface area (Å²) in [6.45, 7) is 13.4. The second-order valence-corrected chi connectivity index (χ2v) is 7.13. The summed E-state index contributed by atoms with van der Waals surface area (Å²) in [5.74, 6) is -4.38. The highest BCUT2D eigenvalue weighted by Gasteiger charge is 2.22. The fraction of sp³-hybridized carbons (Fsp3) is 0.500. The minimum atomic E-state index is -1.68. The number of aryl methyl sites for hydroxylation is 2. The lowest BCUT2D eigenvalue weighted by atomic mass is 9.91. The maximum absolute atomic E-state index is 13.5. The van der Waals surface area contributed by atoms with Gasteiger partial charge in [-0.3, -0.25) is 0 Å². The van der Waals surface area contributed by atoms with Crippen molar-refractivity contribution in [1.82, 2.24) is 0 Å². The number of benzene rings is 2. The van der Waals surface area contributed by atoms with Gasteiger partial charge < -0.3 is 4.74 Å². The zero-order valence-corrected chi connectivity index (χ0v) is 20.0. The molecule has 1 aliphatic rings. The lowest BCUT2D eigenvalue weighted by Crippen LogP contribution is -2.13. The van der Waals surface area contributed by atoms with Gasteiger partial charge in [0.1, 0.15) is 5.75 Å². The van der Waals surface area contributed by atoms with Crippen LogP contribution in [-0.4, -0.2) is 5.97 Å². The molecule has 0 amide bonds. The molecule has 2 aromatic carbocycles. The molecule has 2 nitrogen and oxygen atoms in total. The summed E-state index contributed by atoms with van der Waals surface area (Å²) in [6.07, 6.45) is 7.44. The van der Waals surface area contributed by atoms with E-state index in [1.54, 1.807) is 12.1 Å². The Morgan fingerprint density at radius 1 is 0.839 bits per heavy atom. The standard InChI is InChI=1S/C15H11F3O2.C7H14.2C2H6/c1-8-3-5-10(6-4-8)20-15(19)11-7-9(2)12(16)14(18)13(11)17;1-7-5-3-2-4-6-7;2*1-2/h3-7H,1-2H3;7H,2-6H2,1H3;2*1-2H3. The predicted octanol–water partition coefficient (Wildman–Crippen LogP) is 8.58.